The number of rotatable bonds is 6. The highest BCUT2D eigenvalue weighted by molar-refractivity contribution is 7.16. The van der Waals surface area contributed by atoms with Crippen molar-refractivity contribution in [2.45, 2.75) is 19.9 Å². The van der Waals surface area contributed by atoms with Gasteiger partial charge in [0.15, 0.2) is 5.69 Å². The number of carbonyl (C=O) groups is 1. The topological polar surface area (TPSA) is 90.0 Å². The summed E-state index contributed by atoms with van der Waals surface area (Å²) in [5.41, 5.74) is 1.53. The second kappa shape index (κ2) is 7.23. The van der Waals surface area contributed by atoms with Crippen LogP contribution in [0.2, 0.25) is 0 Å². The molecule has 0 fully saturated rings. The number of halogens is 1. The molecule has 0 saturated heterocycles. The fourth-order valence-electron chi connectivity index (χ4n) is 2.64. The summed E-state index contributed by atoms with van der Waals surface area (Å²) in [5, 5.41) is 15.8. The van der Waals surface area contributed by atoms with Gasteiger partial charge in [0.05, 0.1) is 24.6 Å². The fourth-order valence-corrected chi connectivity index (χ4v) is 3.38. The van der Waals surface area contributed by atoms with Gasteiger partial charge in [0.2, 0.25) is 4.96 Å². The largest absolute Gasteiger partial charge is 0.350 e. The van der Waals surface area contributed by atoms with E-state index in [1.165, 1.54) is 28.3 Å². The Morgan fingerprint density at radius 3 is 2.96 bits per heavy atom. The summed E-state index contributed by atoms with van der Waals surface area (Å²) in [7, 11) is 0. The molecule has 4 rings (SSSR count). The minimum Gasteiger partial charge on any atom is -0.350 e. The molecule has 8 nitrogen and oxygen atoms in total. The lowest BCUT2D eigenvalue weighted by Gasteiger charge is -2.02. The summed E-state index contributed by atoms with van der Waals surface area (Å²) in [5.74, 6) is -0.645. The van der Waals surface area contributed by atoms with E-state index in [0.717, 1.165) is 15.7 Å². The number of imidazole rings is 1. The molecule has 0 aliphatic rings. The van der Waals surface area contributed by atoms with Crippen LogP contribution in [0.15, 0.2) is 36.7 Å². The molecule has 138 valence electrons. The molecule has 4 aromatic rings. The Morgan fingerprint density at radius 1 is 1.30 bits per heavy atom. The van der Waals surface area contributed by atoms with Crippen LogP contribution < -0.4 is 5.32 Å². The maximum atomic E-state index is 13.7. The van der Waals surface area contributed by atoms with E-state index in [4.69, 9.17) is 0 Å². The highest BCUT2D eigenvalue weighted by atomic mass is 32.1. The van der Waals surface area contributed by atoms with Gasteiger partial charge < -0.3 is 5.32 Å². The first-order valence-electron chi connectivity index (χ1n) is 8.32. The lowest BCUT2D eigenvalue weighted by atomic mass is 10.2. The maximum absolute atomic E-state index is 13.7. The van der Waals surface area contributed by atoms with Gasteiger partial charge in [-0.05, 0) is 13.0 Å². The van der Waals surface area contributed by atoms with Crippen molar-refractivity contribution in [1.82, 2.24) is 34.9 Å². The Morgan fingerprint density at radius 2 is 2.15 bits per heavy atom. The average Bonchev–Trinajstić information content (AvgIpc) is 3.32. The number of aromatic nitrogens is 6. The highest BCUT2D eigenvalue weighted by Gasteiger charge is 2.12. The third-order valence-electron chi connectivity index (χ3n) is 3.92. The second-order valence-corrected chi connectivity index (χ2v) is 7.14. The van der Waals surface area contributed by atoms with Crippen molar-refractivity contribution in [2.75, 3.05) is 6.54 Å². The smallest absolute Gasteiger partial charge is 0.273 e. The van der Waals surface area contributed by atoms with Crippen molar-refractivity contribution < 1.29 is 9.18 Å². The molecule has 0 aliphatic carbocycles. The number of nitrogens with zero attached hydrogens (tertiary/aromatic N) is 6. The first-order valence-corrected chi connectivity index (χ1v) is 9.13. The van der Waals surface area contributed by atoms with Crippen LogP contribution in [0, 0.1) is 12.7 Å². The molecule has 3 aromatic heterocycles. The number of benzene rings is 1. The summed E-state index contributed by atoms with van der Waals surface area (Å²) in [6.07, 6.45) is 3.95. The minimum atomic E-state index is -0.329. The standard InChI is InChI=1S/C17H16FN7OS/c1-11-22-25-9-13(20-17(25)27-11)6-7-19-16(26)15-10-24(23-21-15)8-12-4-2-3-5-14(12)18/h2-5,9-10H,6-8H2,1H3,(H,19,26). The molecule has 0 spiro atoms. The molecule has 1 amide bonds. The van der Waals surface area contributed by atoms with Crippen molar-refractivity contribution in [1.29, 1.82) is 0 Å². The lowest BCUT2D eigenvalue weighted by Crippen LogP contribution is -2.26. The predicted molar refractivity (Wildman–Crippen MR) is 97.2 cm³/mol. The Labute approximate surface area is 157 Å². The number of amides is 1. The van der Waals surface area contributed by atoms with Gasteiger partial charge in [-0.3, -0.25) is 4.79 Å². The van der Waals surface area contributed by atoms with Gasteiger partial charge in [-0.1, -0.05) is 34.7 Å². The van der Waals surface area contributed by atoms with Crippen molar-refractivity contribution in [3.05, 3.63) is 64.4 Å². The van der Waals surface area contributed by atoms with Crippen LogP contribution in [0.4, 0.5) is 4.39 Å². The molecule has 1 aromatic carbocycles. The van der Waals surface area contributed by atoms with Crippen LogP contribution >= 0.6 is 11.3 Å². The number of hydrogen-bond acceptors (Lipinski definition) is 6. The number of aryl methyl sites for hydroxylation is 1. The molecular formula is C17H16FN7OS. The highest BCUT2D eigenvalue weighted by Crippen LogP contribution is 2.13. The van der Waals surface area contributed by atoms with Gasteiger partial charge in [-0.25, -0.2) is 18.6 Å². The zero-order valence-corrected chi connectivity index (χ0v) is 15.3. The van der Waals surface area contributed by atoms with Gasteiger partial charge in [0.1, 0.15) is 10.8 Å². The molecule has 10 heteroatoms. The van der Waals surface area contributed by atoms with Gasteiger partial charge in [-0.2, -0.15) is 5.10 Å². The molecule has 0 radical (unpaired) electrons. The fraction of sp³-hybridized carbons (Fsp3) is 0.235. The second-order valence-electron chi connectivity index (χ2n) is 5.98. The van der Waals surface area contributed by atoms with Crippen molar-refractivity contribution in [2.24, 2.45) is 0 Å². The van der Waals surface area contributed by atoms with Crippen molar-refractivity contribution in [3.63, 3.8) is 0 Å². The number of carbonyl (C=O) groups excluding carboxylic acids is 1. The van der Waals surface area contributed by atoms with E-state index in [1.807, 2.05) is 13.1 Å². The molecular weight excluding hydrogens is 369 g/mol. The van der Waals surface area contributed by atoms with Crippen molar-refractivity contribution >= 4 is 22.2 Å². The van der Waals surface area contributed by atoms with Crippen LogP contribution in [0.25, 0.3) is 4.96 Å². The number of fused-ring (bicyclic) bond motifs is 1. The molecule has 1 N–H and O–H groups in total. The zero-order valence-electron chi connectivity index (χ0n) is 14.5. The van der Waals surface area contributed by atoms with E-state index in [0.29, 0.717) is 18.5 Å². The van der Waals surface area contributed by atoms with E-state index in [2.05, 4.69) is 25.7 Å². The first-order chi connectivity index (χ1) is 13.1. The Hall–Kier alpha value is -3.14. The van der Waals surface area contributed by atoms with Crippen LogP contribution in [0.3, 0.4) is 0 Å². The molecule has 0 atom stereocenters. The number of hydrogen-bond donors (Lipinski definition) is 1. The van der Waals surface area contributed by atoms with Gasteiger partial charge >= 0.3 is 0 Å². The Bertz CT molecular complexity index is 1070. The summed E-state index contributed by atoms with van der Waals surface area (Å²) >= 11 is 1.52. The van der Waals surface area contributed by atoms with E-state index in [1.54, 1.807) is 22.7 Å². The summed E-state index contributed by atoms with van der Waals surface area (Å²) in [6.45, 7) is 2.56. The van der Waals surface area contributed by atoms with Gasteiger partial charge in [-0.15, -0.1) is 5.10 Å². The molecule has 0 bridgehead atoms. The van der Waals surface area contributed by atoms with E-state index >= 15 is 0 Å². The third-order valence-corrected chi connectivity index (χ3v) is 4.76. The SMILES string of the molecule is Cc1nn2cc(CCNC(=O)c3cn(Cc4ccccc4F)nn3)nc2s1. The summed E-state index contributed by atoms with van der Waals surface area (Å²) in [4.78, 5) is 17.5. The minimum absolute atomic E-state index is 0.189. The van der Waals surface area contributed by atoms with Crippen LogP contribution in [0.1, 0.15) is 26.8 Å². The van der Waals surface area contributed by atoms with Gasteiger partial charge in [0, 0.05) is 18.5 Å². The normalized spacial score (nSPS) is 11.2. The van der Waals surface area contributed by atoms with E-state index in [-0.39, 0.29) is 24.0 Å². The van der Waals surface area contributed by atoms with Crippen molar-refractivity contribution in [3.8, 4) is 0 Å². The maximum Gasteiger partial charge on any atom is 0.273 e. The van der Waals surface area contributed by atoms with Crippen LogP contribution in [0.5, 0.6) is 0 Å². The first kappa shape index (κ1) is 17.3. The summed E-state index contributed by atoms with van der Waals surface area (Å²) < 4.78 is 16.9. The molecule has 0 unspecified atom stereocenters. The Balaban J connectivity index is 1.32. The summed E-state index contributed by atoms with van der Waals surface area (Å²) in [6, 6.07) is 6.43. The average molecular weight is 385 g/mol. The number of nitrogens with one attached hydrogen (secondary N) is 1. The lowest BCUT2D eigenvalue weighted by molar-refractivity contribution is 0.0949. The Kier molecular flexibility index (Phi) is 4.63. The molecule has 0 saturated carbocycles. The van der Waals surface area contributed by atoms with Gasteiger partial charge in [0.25, 0.3) is 5.91 Å². The van der Waals surface area contributed by atoms with E-state index < -0.39 is 0 Å². The third kappa shape index (κ3) is 3.85. The zero-order chi connectivity index (χ0) is 18.8. The molecule has 0 aliphatic heterocycles. The molecule has 3 heterocycles. The monoisotopic (exact) mass is 385 g/mol. The predicted octanol–water partition coefficient (Wildman–Crippen LogP) is 1.85. The van der Waals surface area contributed by atoms with Crippen LogP contribution in [-0.4, -0.2) is 42.0 Å². The quantitative estimate of drug-likeness (QED) is 0.547. The van der Waals surface area contributed by atoms with Crippen LogP contribution in [-0.2, 0) is 13.0 Å². The van der Waals surface area contributed by atoms with E-state index in [9.17, 15) is 9.18 Å². The molecule has 27 heavy (non-hydrogen) atoms.